The molecule has 1 heterocycles. The van der Waals surface area contributed by atoms with Gasteiger partial charge in [0.15, 0.2) is 0 Å². The number of ether oxygens (including phenoxy) is 1. The second-order valence-corrected chi connectivity index (χ2v) is 3.25. The summed E-state index contributed by atoms with van der Waals surface area (Å²) in [5.74, 6) is -0.269. The van der Waals surface area contributed by atoms with Crippen molar-refractivity contribution in [1.29, 1.82) is 0 Å². The number of esters is 1. The summed E-state index contributed by atoms with van der Waals surface area (Å²) in [6.45, 7) is 4.96. The number of carbonyl (C=O) groups is 1. The van der Waals surface area contributed by atoms with Crippen LogP contribution in [-0.2, 0) is 16.1 Å². The Balaban J connectivity index is 2.52. The Bertz CT molecular complexity index is 322. The first-order valence-corrected chi connectivity index (χ1v) is 5.10. The average Bonchev–Trinajstić information content (AvgIpc) is 2.66. The highest BCUT2D eigenvalue weighted by atomic mass is 16.5. The number of nitrogens with two attached hydrogens (primary N) is 1. The van der Waals surface area contributed by atoms with E-state index in [1.807, 2.05) is 13.1 Å². The Morgan fingerprint density at radius 3 is 2.93 bits per heavy atom. The molecule has 1 rings (SSSR count). The minimum Gasteiger partial charge on any atom is -0.466 e. The van der Waals surface area contributed by atoms with Crippen LogP contribution in [0.3, 0.4) is 0 Å². The molecule has 0 spiro atoms. The Morgan fingerprint density at radius 2 is 2.40 bits per heavy atom. The monoisotopic (exact) mass is 211 g/mol. The molecule has 0 radical (unpaired) electrons. The molecule has 1 aromatic rings. The summed E-state index contributed by atoms with van der Waals surface area (Å²) in [4.78, 5) is 11.2. The smallest absolute Gasteiger partial charge is 0.307 e. The van der Waals surface area contributed by atoms with Gasteiger partial charge in [-0.3, -0.25) is 9.48 Å². The van der Waals surface area contributed by atoms with Crippen molar-refractivity contribution in [2.45, 2.75) is 32.9 Å². The van der Waals surface area contributed by atoms with Gasteiger partial charge < -0.3 is 10.5 Å². The van der Waals surface area contributed by atoms with E-state index in [9.17, 15) is 4.79 Å². The third-order valence-corrected chi connectivity index (χ3v) is 2.10. The van der Waals surface area contributed by atoms with Gasteiger partial charge >= 0.3 is 5.97 Å². The van der Waals surface area contributed by atoms with Crippen molar-refractivity contribution in [3.63, 3.8) is 0 Å². The molecule has 0 aliphatic carbocycles. The van der Waals surface area contributed by atoms with Gasteiger partial charge in [-0.1, -0.05) is 0 Å². The van der Waals surface area contributed by atoms with Gasteiger partial charge in [0, 0.05) is 24.3 Å². The van der Waals surface area contributed by atoms with Crippen LogP contribution in [0.2, 0.25) is 0 Å². The number of aromatic nitrogens is 2. The zero-order valence-electron chi connectivity index (χ0n) is 9.14. The third kappa shape index (κ3) is 3.36. The molecule has 0 fully saturated rings. The zero-order valence-corrected chi connectivity index (χ0v) is 9.14. The molecule has 0 aliphatic heterocycles. The van der Waals surface area contributed by atoms with E-state index < -0.39 is 0 Å². The molecule has 84 valence electrons. The molecule has 15 heavy (non-hydrogen) atoms. The van der Waals surface area contributed by atoms with E-state index in [0.717, 1.165) is 12.1 Å². The SMILES string of the molecule is CCOC(=O)C[C@H](N)c1cnn(CC)c1. The van der Waals surface area contributed by atoms with E-state index in [1.54, 1.807) is 17.8 Å². The number of hydrogen-bond donors (Lipinski definition) is 1. The fraction of sp³-hybridized carbons (Fsp3) is 0.600. The highest BCUT2D eigenvalue weighted by Crippen LogP contribution is 2.13. The van der Waals surface area contributed by atoms with E-state index >= 15 is 0 Å². The summed E-state index contributed by atoms with van der Waals surface area (Å²) < 4.78 is 6.60. The van der Waals surface area contributed by atoms with Crippen LogP contribution in [-0.4, -0.2) is 22.4 Å². The Hall–Kier alpha value is -1.36. The van der Waals surface area contributed by atoms with Crippen molar-refractivity contribution in [3.05, 3.63) is 18.0 Å². The zero-order chi connectivity index (χ0) is 11.3. The predicted molar refractivity (Wildman–Crippen MR) is 56.1 cm³/mol. The molecule has 0 bridgehead atoms. The second kappa shape index (κ2) is 5.50. The first kappa shape index (κ1) is 11.7. The molecule has 5 heteroatoms. The Kier molecular flexibility index (Phi) is 4.30. The van der Waals surface area contributed by atoms with Gasteiger partial charge in [0.2, 0.25) is 0 Å². The van der Waals surface area contributed by atoms with Crippen molar-refractivity contribution >= 4 is 5.97 Å². The molecule has 0 saturated carbocycles. The average molecular weight is 211 g/mol. The number of carbonyl (C=O) groups excluding carboxylic acids is 1. The second-order valence-electron chi connectivity index (χ2n) is 3.25. The maximum atomic E-state index is 11.2. The Morgan fingerprint density at radius 1 is 1.67 bits per heavy atom. The van der Waals surface area contributed by atoms with E-state index in [1.165, 1.54) is 0 Å². The summed E-state index contributed by atoms with van der Waals surface area (Å²) in [7, 11) is 0. The van der Waals surface area contributed by atoms with Crippen molar-refractivity contribution < 1.29 is 9.53 Å². The fourth-order valence-corrected chi connectivity index (χ4v) is 1.26. The summed E-state index contributed by atoms with van der Waals surface area (Å²) in [5, 5.41) is 4.09. The number of aryl methyl sites for hydroxylation is 1. The lowest BCUT2D eigenvalue weighted by molar-refractivity contribution is -0.143. The third-order valence-electron chi connectivity index (χ3n) is 2.10. The van der Waals surface area contributed by atoms with Gasteiger partial charge in [0.1, 0.15) is 0 Å². The van der Waals surface area contributed by atoms with Crippen LogP contribution in [0.25, 0.3) is 0 Å². The molecule has 0 amide bonds. The van der Waals surface area contributed by atoms with Crippen molar-refractivity contribution in [1.82, 2.24) is 9.78 Å². The van der Waals surface area contributed by atoms with Crippen LogP contribution in [0, 0.1) is 0 Å². The summed E-state index contributed by atoms with van der Waals surface area (Å²) >= 11 is 0. The molecule has 0 aliphatic rings. The summed E-state index contributed by atoms with van der Waals surface area (Å²) in [6, 6.07) is -0.329. The molecule has 5 nitrogen and oxygen atoms in total. The standard InChI is InChI=1S/C10H17N3O2/c1-3-13-7-8(6-12-13)9(11)5-10(14)15-4-2/h6-7,9H,3-5,11H2,1-2H3/t9-/m0/s1. The van der Waals surface area contributed by atoms with Crippen LogP contribution in [0.5, 0.6) is 0 Å². The molecular formula is C10H17N3O2. The number of hydrogen-bond acceptors (Lipinski definition) is 4. The molecule has 0 saturated heterocycles. The lowest BCUT2D eigenvalue weighted by Gasteiger charge is -2.07. The van der Waals surface area contributed by atoms with Crippen LogP contribution in [0.1, 0.15) is 31.9 Å². The molecule has 1 aromatic heterocycles. The lowest BCUT2D eigenvalue weighted by Crippen LogP contribution is -2.16. The van der Waals surface area contributed by atoms with Gasteiger partial charge in [-0.25, -0.2) is 0 Å². The van der Waals surface area contributed by atoms with Crippen LogP contribution >= 0.6 is 0 Å². The van der Waals surface area contributed by atoms with Crippen molar-refractivity contribution in [2.24, 2.45) is 5.73 Å². The molecule has 1 atom stereocenters. The quantitative estimate of drug-likeness (QED) is 0.733. The first-order chi connectivity index (χ1) is 7.17. The molecular weight excluding hydrogens is 194 g/mol. The molecule has 2 N–H and O–H groups in total. The Labute approximate surface area is 89.2 Å². The maximum absolute atomic E-state index is 11.2. The van der Waals surface area contributed by atoms with Crippen LogP contribution in [0.15, 0.2) is 12.4 Å². The minimum absolute atomic E-state index is 0.198. The van der Waals surface area contributed by atoms with Crippen LogP contribution < -0.4 is 5.73 Å². The normalized spacial score (nSPS) is 12.5. The minimum atomic E-state index is -0.329. The van der Waals surface area contributed by atoms with E-state index in [-0.39, 0.29) is 18.4 Å². The van der Waals surface area contributed by atoms with Gasteiger partial charge in [0.05, 0.1) is 19.2 Å². The maximum Gasteiger partial charge on any atom is 0.307 e. The lowest BCUT2D eigenvalue weighted by atomic mass is 10.1. The van der Waals surface area contributed by atoms with Gasteiger partial charge in [0.25, 0.3) is 0 Å². The van der Waals surface area contributed by atoms with E-state index in [4.69, 9.17) is 10.5 Å². The van der Waals surface area contributed by atoms with Gasteiger partial charge in [-0.2, -0.15) is 5.10 Å². The van der Waals surface area contributed by atoms with Crippen LogP contribution in [0.4, 0.5) is 0 Å². The van der Waals surface area contributed by atoms with Gasteiger partial charge in [-0.15, -0.1) is 0 Å². The summed E-state index contributed by atoms with van der Waals surface area (Å²) in [5.41, 5.74) is 6.71. The molecule has 0 aromatic carbocycles. The highest BCUT2D eigenvalue weighted by Gasteiger charge is 2.13. The summed E-state index contributed by atoms with van der Waals surface area (Å²) in [6.07, 6.45) is 3.74. The highest BCUT2D eigenvalue weighted by molar-refractivity contribution is 5.70. The van der Waals surface area contributed by atoms with Crippen molar-refractivity contribution in [3.8, 4) is 0 Å². The van der Waals surface area contributed by atoms with E-state index in [2.05, 4.69) is 5.10 Å². The van der Waals surface area contributed by atoms with Crippen molar-refractivity contribution in [2.75, 3.05) is 6.61 Å². The number of rotatable bonds is 5. The topological polar surface area (TPSA) is 70.1 Å². The molecule has 0 unspecified atom stereocenters. The predicted octanol–water partition coefficient (Wildman–Crippen LogP) is 0.856. The first-order valence-electron chi connectivity index (χ1n) is 5.10. The van der Waals surface area contributed by atoms with E-state index in [0.29, 0.717) is 6.61 Å². The largest absolute Gasteiger partial charge is 0.466 e. The van der Waals surface area contributed by atoms with Gasteiger partial charge in [-0.05, 0) is 13.8 Å². The fourth-order valence-electron chi connectivity index (χ4n) is 1.26. The number of nitrogens with zero attached hydrogens (tertiary/aromatic N) is 2.